The van der Waals surface area contributed by atoms with E-state index in [-0.39, 0.29) is 18.5 Å². The molecule has 172 valence electrons. The maximum absolute atomic E-state index is 12.3. The molecule has 0 radical (unpaired) electrons. The number of likely N-dealkylation sites (tertiary alicyclic amines) is 1. The van der Waals surface area contributed by atoms with Crippen LogP contribution in [0.3, 0.4) is 0 Å². The van der Waals surface area contributed by atoms with E-state index in [1.807, 2.05) is 37.3 Å². The molecule has 1 heterocycles. The fourth-order valence-electron chi connectivity index (χ4n) is 3.87. The van der Waals surface area contributed by atoms with Crippen LogP contribution in [0.2, 0.25) is 0 Å². The number of guanidine groups is 1. The topological polar surface area (TPSA) is 78.0 Å². The summed E-state index contributed by atoms with van der Waals surface area (Å²) in [6.07, 6.45) is 2.48. The number of hydrogen-bond acceptors (Lipinski definition) is 4. The lowest BCUT2D eigenvalue weighted by Crippen LogP contribution is -2.43. The van der Waals surface area contributed by atoms with E-state index >= 15 is 0 Å². The van der Waals surface area contributed by atoms with E-state index in [9.17, 15) is 4.79 Å². The van der Waals surface area contributed by atoms with Crippen LogP contribution >= 0.6 is 0 Å². The molecular formula is C25H35N5O2. The highest BCUT2D eigenvalue weighted by Gasteiger charge is 2.23. The summed E-state index contributed by atoms with van der Waals surface area (Å²) in [5, 5.41) is 9.61. The molecule has 1 unspecified atom stereocenters. The monoisotopic (exact) mass is 437 g/mol. The predicted octanol–water partition coefficient (Wildman–Crippen LogP) is 2.70. The molecule has 32 heavy (non-hydrogen) atoms. The Balaban J connectivity index is 1.54. The molecule has 1 saturated heterocycles. The third kappa shape index (κ3) is 7.27. The van der Waals surface area contributed by atoms with Crippen molar-refractivity contribution in [3.63, 3.8) is 0 Å². The summed E-state index contributed by atoms with van der Waals surface area (Å²) in [4.78, 5) is 19.3. The number of nitrogens with one attached hydrogen (secondary N) is 3. The second-order valence-electron chi connectivity index (χ2n) is 7.87. The van der Waals surface area contributed by atoms with Gasteiger partial charge in [-0.25, -0.2) is 4.99 Å². The van der Waals surface area contributed by atoms with Gasteiger partial charge in [0.05, 0.1) is 13.2 Å². The van der Waals surface area contributed by atoms with Crippen molar-refractivity contribution in [3.05, 3.63) is 65.7 Å². The van der Waals surface area contributed by atoms with Crippen LogP contribution < -0.4 is 20.7 Å². The van der Waals surface area contributed by atoms with Crippen LogP contribution in [0.1, 0.15) is 36.9 Å². The number of ether oxygens (including phenoxy) is 1. The van der Waals surface area contributed by atoms with Crippen molar-refractivity contribution in [1.82, 2.24) is 20.9 Å². The Hall–Kier alpha value is -3.06. The number of carbonyl (C=O) groups is 1. The van der Waals surface area contributed by atoms with Crippen molar-refractivity contribution in [1.29, 1.82) is 0 Å². The van der Waals surface area contributed by atoms with Crippen LogP contribution in [0.5, 0.6) is 5.75 Å². The maximum atomic E-state index is 12.3. The Morgan fingerprint density at radius 3 is 2.41 bits per heavy atom. The molecule has 7 nitrogen and oxygen atoms in total. The number of nitrogens with zero attached hydrogens (tertiary/aromatic N) is 2. The van der Waals surface area contributed by atoms with Crippen LogP contribution in [0.4, 0.5) is 0 Å². The lowest BCUT2D eigenvalue weighted by molar-refractivity contribution is -0.119. The van der Waals surface area contributed by atoms with Gasteiger partial charge in [0.25, 0.3) is 0 Å². The molecule has 3 rings (SSSR count). The van der Waals surface area contributed by atoms with Crippen molar-refractivity contribution >= 4 is 11.9 Å². The van der Waals surface area contributed by atoms with Gasteiger partial charge in [-0.15, -0.1) is 0 Å². The first kappa shape index (κ1) is 23.6. The number of amides is 1. The molecule has 1 aliphatic rings. The van der Waals surface area contributed by atoms with Crippen molar-refractivity contribution in [3.8, 4) is 5.75 Å². The van der Waals surface area contributed by atoms with E-state index < -0.39 is 0 Å². The highest BCUT2D eigenvalue weighted by Crippen LogP contribution is 2.24. The first-order valence-electron chi connectivity index (χ1n) is 11.4. The average Bonchev–Trinajstić information content (AvgIpc) is 3.37. The molecule has 3 N–H and O–H groups in total. The summed E-state index contributed by atoms with van der Waals surface area (Å²) >= 11 is 0. The number of rotatable bonds is 10. The van der Waals surface area contributed by atoms with Gasteiger partial charge in [0.2, 0.25) is 5.91 Å². The summed E-state index contributed by atoms with van der Waals surface area (Å²) in [6, 6.07) is 18.5. The van der Waals surface area contributed by atoms with Crippen molar-refractivity contribution in [2.24, 2.45) is 4.99 Å². The minimum atomic E-state index is -0.114. The molecule has 1 atom stereocenters. The third-order valence-electron chi connectivity index (χ3n) is 5.60. The minimum Gasteiger partial charge on any atom is -0.497 e. The molecule has 1 fully saturated rings. The third-order valence-corrected chi connectivity index (χ3v) is 5.60. The molecule has 0 spiro atoms. The molecule has 1 amide bonds. The Labute approximate surface area is 191 Å². The van der Waals surface area contributed by atoms with Gasteiger partial charge in [0, 0.05) is 19.6 Å². The normalized spacial score (nSPS) is 15.2. The first-order chi connectivity index (χ1) is 15.7. The van der Waals surface area contributed by atoms with Gasteiger partial charge in [-0.3, -0.25) is 9.69 Å². The van der Waals surface area contributed by atoms with Crippen molar-refractivity contribution < 1.29 is 9.53 Å². The summed E-state index contributed by atoms with van der Waals surface area (Å²) in [6.45, 7) is 6.27. The summed E-state index contributed by atoms with van der Waals surface area (Å²) < 4.78 is 5.16. The van der Waals surface area contributed by atoms with Crippen LogP contribution in [0, 0.1) is 0 Å². The zero-order valence-corrected chi connectivity index (χ0v) is 19.1. The highest BCUT2D eigenvalue weighted by molar-refractivity contribution is 5.84. The van der Waals surface area contributed by atoms with Crippen LogP contribution in [0.15, 0.2) is 59.6 Å². The largest absolute Gasteiger partial charge is 0.497 e. The summed E-state index contributed by atoms with van der Waals surface area (Å²) in [5.74, 6) is 1.35. The van der Waals surface area contributed by atoms with E-state index in [1.165, 1.54) is 18.4 Å². The van der Waals surface area contributed by atoms with Crippen LogP contribution in [-0.4, -0.2) is 56.6 Å². The standard InChI is InChI=1S/C25H35N5O2/c1-3-26-25(29-19-24(31)27-17-20-11-13-22(32-2)14-12-20)28-18-23(30-15-7-8-16-30)21-9-5-4-6-10-21/h4-6,9-14,23H,3,7-8,15-19H2,1-2H3,(H,27,31)(H2,26,28,29). The molecular weight excluding hydrogens is 402 g/mol. The molecule has 0 bridgehead atoms. The maximum Gasteiger partial charge on any atom is 0.242 e. The number of benzene rings is 2. The van der Waals surface area contributed by atoms with Gasteiger partial charge >= 0.3 is 0 Å². The molecule has 7 heteroatoms. The Morgan fingerprint density at radius 2 is 1.75 bits per heavy atom. The lowest BCUT2D eigenvalue weighted by atomic mass is 10.1. The highest BCUT2D eigenvalue weighted by atomic mass is 16.5. The van der Waals surface area contributed by atoms with Gasteiger partial charge in [-0.05, 0) is 56.1 Å². The second-order valence-corrected chi connectivity index (χ2v) is 7.87. The van der Waals surface area contributed by atoms with Crippen molar-refractivity contribution in [2.75, 3.05) is 39.8 Å². The van der Waals surface area contributed by atoms with Gasteiger partial charge in [0.15, 0.2) is 5.96 Å². The van der Waals surface area contributed by atoms with Crippen LogP contribution in [0.25, 0.3) is 0 Å². The summed E-state index contributed by atoms with van der Waals surface area (Å²) in [7, 11) is 1.64. The van der Waals surface area contributed by atoms with Gasteiger partial charge in [-0.1, -0.05) is 42.5 Å². The fourth-order valence-corrected chi connectivity index (χ4v) is 3.87. The molecule has 0 aromatic heterocycles. The number of methoxy groups -OCH3 is 1. The zero-order valence-electron chi connectivity index (χ0n) is 19.1. The number of hydrogen-bond donors (Lipinski definition) is 3. The van der Waals surface area contributed by atoms with Gasteiger partial charge in [0.1, 0.15) is 12.3 Å². The van der Waals surface area contributed by atoms with E-state index in [2.05, 4.69) is 50.1 Å². The van der Waals surface area contributed by atoms with E-state index in [4.69, 9.17) is 4.74 Å². The quantitative estimate of drug-likeness (QED) is 0.394. The SMILES string of the molecule is CCNC(=NCC(=O)NCc1ccc(OC)cc1)NCC(c1ccccc1)N1CCCC1. The van der Waals surface area contributed by atoms with Gasteiger partial charge in [-0.2, -0.15) is 0 Å². The molecule has 0 saturated carbocycles. The fraction of sp³-hybridized carbons (Fsp3) is 0.440. The smallest absolute Gasteiger partial charge is 0.242 e. The van der Waals surface area contributed by atoms with E-state index in [0.717, 1.165) is 37.5 Å². The van der Waals surface area contributed by atoms with Crippen LogP contribution in [-0.2, 0) is 11.3 Å². The predicted molar refractivity (Wildman–Crippen MR) is 129 cm³/mol. The second kappa shape index (κ2) is 12.7. The minimum absolute atomic E-state index is 0.0746. The van der Waals surface area contributed by atoms with E-state index in [0.29, 0.717) is 12.5 Å². The van der Waals surface area contributed by atoms with Gasteiger partial charge < -0.3 is 20.7 Å². The molecule has 2 aromatic rings. The molecule has 1 aliphatic heterocycles. The first-order valence-corrected chi connectivity index (χ1v) is 11.4. The Bertz CT molecular complexity index is 848. The average molecular weight is 438 g/mol. The zero-order chi connectivity index (χ0) is 22.6. The number of aliphatic imine (C=N–C) groups is 1. The Kier molecular flexibility index (Phi) is 9.37. The van der Waals surface area contributed by atoms with Crippen molar-refractivity contribution in [2.45, 2.75) is 32.4 Å². The van der Waals surface area contributed by atoms with E-state index in [1.54, 1.807) is 7.11 Å². The molecule has 0 aliphatic carbocycles. The summed E-state index contributed by atoms with van der Waals surface area (Å²) in [5.41, 5.74) is 2.32. The number of carbonyl (C=O) groups excluding carboxylic acids is 1. The Morgan fingerprint density at radius 1 is 1.03 bits per heavy atom. The molecule has 2 aromatic carbocycles. The lowest BCUT2D eigenvalue weighted by Gasteiger charge is -2.29.